The van der Waals surface area contributed by atoms with Crippen molar-refractivity contribution in [1.82, 2.24) is 0 Å². The van der Waals surface area contributed by atoms with Crippen molar-refractivity contribution in [3.05, 3.63) is 42.0 Å². The summed E-state index contributed by atoms with van der Waals surface area (Å²) in [6.07, 6.45) is 1.57. The summed E-state index contributed by atoms with van der Waals surface area (Å²) in [7, 11) is 0. The van der Waals surface area contributed by atoms with Crippen molar-refractivity contribution >= 4 is 5.97 Å². The maximum absolute atomic E-state index is 10.5. The van der Waals surface area contributed by atoms with Crippen molar-refractivity contribution in [1.29, 1.82) is 0 Å². The van der Waals surface area contributed by atoms with Crippen molar-refractivity contribution < 1.29 is 19.4 Å². The van der Waals surface area contributed by atoms with Crippen molar-refractivity contribution in [2.45, 2.75) is 32.0 Å². The lowest BCUT2D eigenvalue weighted by molar-refractivity contribution is -0.307. The van der Waals surface area contributed by atoms with Gasteiger partial charge in [0, 0.05) is 5.56 Å². The van der Waals surface area contributed by atoms with E-state index in [1.165, 1.54) is 0 Å². The normalized spacial score (nSPS) is 23.1. The first-order valence-electron chi connectivity index (χ1n) is 6.30. The van der Waals surface area contributed by atoms with Gasteiger partial charge in [0.15, 0.2) is 0 Å². The molecule has 0 N–H and O–H groups in total. The first-order valence-corrected chi connectivity index (χ1v) is 6.30. The van der Waals surface area contributed by atoms with E-state index < -0.39 is 12.6 Å². The Hall–Kier alpha value is -1.81. The molecular formula is C15H17O4-. The van der Waals surface area contributed by atoms with Crippen LogP contribution in [0, 0.1) is 0 Å². The van der Waals surface area contributed by atoms with Gasteiger partial charge in [-0.05, 0) is 25.8 Å². The fraction of sp³-hybridized carbons (Fsp3) is 0.400. The van der Waals surface area contributed by atoms with Crippen LogP contribution in [-0.2, 0) is 9.53 Å². The topological polar surface area (TPSA) is 58.6 Å². The van der Waals surface area contributed by atoms with E-state index in [0.29, 0.717) is 5.75 Å². The highest BCUT2D eigenvalue weighted by molar-refractivity contribution is 5.66. The van der Waals surface area contributed by atoms with Crippen molar-refractivity contribution in [3.8, 4) is 5.75 Å². The molecule has 19 heavy (non-hydrogen) atoms. The maximum atomic E-state index is 10.5. The smallest absolute Gasteiger partial charge is 0.128 e. The van der Waals surface area contributed by atoms with Crippen LogP contribution < -0.4 is 9.84 Å². The standard InChI is InChI=1S/C15H18O4/c1-10-7-11(2)19-14(8-10)12-5-3-4-6-13(12)18-9-15(16)17/h3-6,11,14H,1,7-9H2,2H3,(H,16,17)/p-1/t11-,14+/m1/s1. The second-order valence-corrected chi connectivity index (χ2v) is 4.79. The molecule has 4 nitrogen and oxygen atoms in total. The van der Waals surface area contributed by atoms with E-state index >= 15 is 0 Å². The van der Waals surface area contributed by atoms with E-state index in [0.717, 1.165) is 24.0 Å². The van der Waals surface area contributed by atoms with Crippen LogP contribution in [-0.4, -0.2) is 18.7 Å². The third kappa shape index (κ3) is 3.58. The van der Waals surface area contributed by atoms with Crippen LogP contribution in [0.25, 0.3) is 0 Å². The van der Waals surface area contributed by atoms with Gasteiger partial charge in [-0.1, -0.05) is 30.4 Å². The average Bonchev–Trinajstić information content (AvgIpc) is 2.35. The molecule has 1 aromatic rings. The lowest BCUT2D eigenvalue weighted by Crippen LogP contribution is -2.29. The van der Waals surface area contributed by atoms with Crippen LogP contribution >= 0.6 is 0 Å². The molecule has 0 saturated carbocycles. The summed E-state index contributed by atoms with van der Waals surface area (Å²) in [5, 5.41) is 10.5. The summed E-state index contributed by atoms with van der Waals surface area (Å²) in [5.41, 5.74) is 2.00. The molecule has 0 spiro atoms. The first kappa shape index (κ1) is 13.6. The van der Waals surface area contributed by atoms with Gasteiger partial charge in [0.25, 0.3) is 0 Å². The minimum absolute atomic E-state index is 0.112. The Kier molecular flexibility index (Phi) is 4.22. The fourth-order valence-corrected chi connectivity index (χ4v) is 2.33. The molecule has 0 amide bonds. The van der Waals surface area contributed by atoms with Crippen LogP contribution in [0.1, 0.15) is 31.4 Å². The van der Waals surface area contributed by atoms with E-state index in [2.05, 4.69) is 6.58 Å². The monoisotopic (exact) mass is 261 g/mol. The molecule has 1 aliphatic rings. The predicted octanol–water partition coefficient (Wildman–Crippen LogP) is 1.61. The molecule has 1 fully saturated rings. The van der Waals surface area contributed by atoms with E-state index in [1.54, 1.807) is 12.1 Å². The molecule has 102 valence electrons. The summed E-state index contributed by atoms with van der Waals surface area (Å²) >= 11 is 0. The maximum Gasteiger partial charge on any atom is 0.128 e. The number of carboxylic acids is 1. The zero-order valence-electron chi connectivity index (χ0n) is 10.9. The number of hydrogen-bond donors (Lipinski definition) is 0. The highest BCUT2D eigenvalue weighted by Gasteiger charge is 2.25. The Morgan fingerprint density at radius 1 is 1.47 bits per heavy atom. The molecule has 4 heteroatoms. The zero-order valence-corrected chi connectivity index (χ0v) is 10.9. The summed E-state index contributed by atoms with van der Waals surface area (Å²) in [6.45, 7) is 5.56. The number of benzene rings is 1. The highest BCUT2D eigenvalue weighted by Crippen LogP contribution is 2.37. The van der Waals surface area contributed by atoms with Crippen molar-refractivity contribution in [2.75, 3.05) is 6.61 Å². The van der Waals surface area contributed by atoms with E-state index in [4.69, 9.17) is 9.47 Å². The molecule has 1 heterocycles. The minimum Gasteiger partial charge on any atom is -0.546 e. The molecule has 1 aliphatic heterocycles. The lowest BCUT2D eigenvalue weighted by atomic mass is 9.95. The lowest BCUT2D eigenvalue weighted by Gasteiger charge is -2.30. The molecule has 0 aliphatic carbocycles. The van der Waals surface area contributed by atoms with Crippen LogP contribution in [0.4, 0.5) is 0 Å². The highest BCUT2D eigenvalue weighted by atomic mass is 16.5. The summed E-state index contributed by atoms with van der Waals surface area (Å²) in [6, 6.07) is 7.31. The molecule has 1 saturated heterocycles. The molecule has 0 bridgehead atoms. The van der Waals surface area contributed by atoms with Crippen molar-refractivity contribution in [2.24, 2.45) is 0 Å². The molecule has 2 atom stereocenters. The number of aliphatic carboxylic acids is 1. The first-order chi connectivity index (χ1) is 9.06. The second-order valence-electron chi connectivity index (χ2n) is 4.79. The third-order valence-corrected chi connectivity index (χ3v) is 3.06. The van der Waals surface area contributed by atoms with Gasteiger partial charge < -0.3 is 19.4 Å². The van der Waals surface area contributed by atoms with Gasteiger partial charge in [0.1, 0.15) is 12.4 Å². The van der Waals surface area contributed by atoms with Gasteiger partial charge in [-0.3, -0.25) is 0 Å². The van der Waals surface area contributed by atoms with E-state index in [1.807, 2.05) is 19.1 Å². The van der Waals surface area contributed by atoms with Crippen LogP contribution in [0.15, 0.2) is 36.4 Å². The predicted molar refractivity (Wildman–Crippen MR) is 68.6 cm³/mol. The van der Waals surface area contributed by atoms with Gasteiger partial charge in [0.05, 0.1) is 18.2 Å². The molecule has 1 aromatic carbocycles. The number of carbonyl (C=O) groups excluding carboxylic acids is 1. The number of para-hydroxylation sites is 1. The van der Waals surface area contributed by atoms with Gasteiger partial charge in [0.2, 0.25) is 0 Å². The molecule has 0 radical (unpaired) electrons. The van der Waals surface area contributed by atoms with E-state index in [-0.39, 0.29) is 12.2 Å². The third-order valence-electron chi connectivity index (χ3n) is 3.06. The van der Waals surface area contributed by atoms with Crippen molar-refractivity contribution in [3.63, 3.8) is 0 Å². The molecule has 0 aromatic heterocycles. The Morgan fingerprint density at radius 2 is 2.21 bits per heavy atom. The SMILES string of the molecule is C=C1C[C@@H](C)O[C@H](c2ccccc2OCC(=O)[O-])C1. The summed E-state index contributed by atoms with van der Waals surface area (Å²) in [4.78, 5) is 10.5. The Bertz CT molecular complexity index is 481. The van der Waals surface area contributed by atoms with Gasteiger partial charge >= 0.3 is 0 Å². The number of carboxylic acid groups (broad SMARTS) is 1. The summed E-state index contributed by atoms with van der Waals surface area (Å²) < 4.78 is 11.1. The summed E-state index contributed by atoms with van der Waals surface area (Å²) in [5.74, 6) is -0.712. The van der Waals surface area contributed by atoms with Gasteiger partial charge in [-0.2, -0.15) is 0 Å². The van der Waals surface area contributed by atoms with Gasteiger partial charge in [-0.15, -0.1) is 0 Å². The number of hydrogen-bond acceptors (Lipinski definition) is 4. The molecular weight excluding hydrogens is 244 g/mol. The Balaban J connectivity index is 2.18. The Morgan fingerprint density at radius 3 is 2.89 bits per heavy atom. The number of ether oxygens (including phenoxy) is 2. The van der Waals surface area contributed by atoms with Crippen LogP contribution in [0.3, 0.4) is 0 Å². The zero-order chi connectivity index (χ0) is 13.8. The number of carbonyl (C=O) groups is 1. The average molecular weight is 261 g/mol. The minimum atomic E-state index is -1.24. The second kappa shape index (κ2) is 5.89. The number of rotatable bonds is 4. The Labute approximate surface area is 112 Å². The fourth-order valence-electron chi connectivity index (χ4n) is 2.33. The van der Waals surface area contributed by atoms with Crippen LogP contribution in [0.2, 0.25) is 0 Å². The van der Waals surface area contributed by atoms with E-state index in [9.17, 15) is 9.90 Å². The molecule has 0 unspecified atom stereocenters. The van der Waals surface area contributed by atoms with Crippen LogP contribution in [0.5, 0.6) is 5.75 Å². The van der Waals surface area contributed by atoms with Gasteiger partial charge in [-0.25, -0.2) is 0 Å². The molecule has 2 rings (SSSR count). The largest absolute Gasteiger partial charge is 0.546 e. The quantitative estimate of drug-likeness (QED) is 0.773.